The number of hydrogen-bond acceptors (Lipinski definition) is 2. The van der Waals surface area contributed by atoms with E-state index in [9.17, 15) is 13.6 Å². The number of hydrogen-bond donors (Lipinski definition) is 1. The van der Waals surface area contributed by atoms with Crippen LogP contribution >= 0.6 is 0 Å². The van der Waals surface area contributed by atoms with E-state index in [1.54, 1.807) is 33.8 Å². The lowest BCUT2D eigenvalue weighted by molar-refractivity contribution is -0.115. The number of nitrogens with one attached hydrogen (secondary N) is 1. The van der Waals surface area contributed by atoms with Crippen LogP contribution in [-0.4, -0.2) is 5.91 Å². The number of rotatable bonds is 2. The van der Waals surface area contributed by atoms with Crippen LogP contribution in [0.3, 0.4) is 0 Å². The van der Waals surface area contributed by atoms with Crippen LogP contribution in [0.4, 0.5) is 14.5 Å². The van der Waals surface area contributed by atoms with Gasteiger partial charge in [0.15, 0.2) is 11.6 Å². The van der Waals surface area contributed by atoms with E-state index in [1.807, 2.05) is 0 Å². The van der Waals surface area contributed by atoms with Crippen molar-refractivity contribution < 1.29 is 13.6 Å². The Kier molecular flexibility index (Phi) is 4.25. The quantitative estimate of drug-likeness (QED) is 0.890. The predicted molar refractivity (Wildman–Crippen MR) is 68.7 cm³/mol. The molecule has 0 spiro atoms. The van der Waals surface area contributed by atoms with E-state index >= 15 is 0 Å². The molecule has 0 saturated carbocycles. The summed E-state index contributed by atoms with van der Waals surface area (Å²) in [6, 6.07) is 2.59. The molecule has 5 heteroatoms. The summed E-state index contributed by atoms with van der Waals surface area (Å²) >= 11 is 0. The van der Waals surface area contributed by atoms with Crippen LogP contribution in [0.25, 0.3) is 0 Å². The average molecular weight is 266 g/mol. The first-order valence-corrected chi connectivity index (χ1v) is 5.94. The van der Waals surface area contributed by atoms with Gasteiger partial charge in [-0.3, -0.25) is 4.79 Å². The van der Waals surface area contributed by atoms with E-state index in [0.717, 1.165) is 6.07 Å². The normalized spacial score (nSPS) is 11.0. The van der Waals surface area contributed by atoms with Crippen molar-refractivity contribution in [2.75, 3.05) is 5.32 Å². The third kappa shape index (κ3) is 3.08. The Morgan fingerprint density at radius 2 is 2.00 bits per heavy atom. The van der Waals surface area contributed by atoms with Gasteiger partial charge in [-0.05, 0) is 11.5 Å². The third-order valence-corrected chi connectivity index (χ3v) is 2.68. The zero-order valence-electron chi connectivity index (χ0n) is 11.4. The molecule has 0 unspecified atom stereocenters. The highest BCUT2D eigenvalue weighted by atomic mass is 19.2. The maximum Gasteiger partial charge on any atom is 0.224 e. The number of carbonyl (C=O) groups is 1. The van der Waals surface area contributed by atoms with Crippen molar-refractivity contribution in [3.8, 4) is 6.07 Å². The van der Waals surface area contributed by atoms with E-state index in [4.69, 9.17) is 5.26 Å². The Bertz CT molecular complexity index is 554. The molecule has 0 aliphatic rings. The highest BCUT2D eigenvalue weighted by Gasteiger charge is 2.28. The fourth-order valence-electron chi connectivity index (χ4n) is 1.78. The molecule has 1 aromatic carbocycles. The van der Waals surface area contributed by atoms with Crippen LogP contribution in [0.5, 0.6) is 0 Å². The van der Waals surface area contributed by atoms with Crippen LogP contribution in [0.15, 0.2) is 6.07 Å². The molecule has 19 heavy (non-hydrogen) atoms. The van der Waals surface area contributed by atoms with Gasteiger partial charge in [-0.15, -0.1) is 0 Å². The summed E-state index contributed by atoms with van der Waals surface area (Å²) in [7, 11) is 0. The molecule has 0 fully saturated rings. The molecule has 102 valence electrons. The lowest BCUT2D eigenvalue weighted by Gasteiger charge is -2.24. The fraction of sp³-hybridized carbons (Fsp3) is 0.429. The van der Waals surface area contributed by atoms with Crippen molar-refractivity contribution in [2.24, 2.45) is 0 Å². The summed E-state index contributed by atoms with van der Waals surface area (Å²) in [5.41, 5.74) is -0.758. The summed E-state index contributed by atoms with van der Waals surface area (Å²) in [6.45, 7) is 6.70. The smallest absolute Gasteiger partial charge is 0.224 e. The van der Waals surface area contributed by atoms with Gasteiger partial charge < -0.3 is 5.32 Å². The molecule has 0 bridgehead atoms. The van der Waals surface area contributed by atoms with Crippen molar-refractivity contribution >= 4 is 11.6 Å². The minimum atomic E-state index is -1.09. The molecule has 1 amide bonds. The first kappa shape index (κ1) is 15.1. The summed E-state index contributed by atoms with van der Waals surface area (Å²) in [5.74, 6) is -2.47. The SMILES string of the molecule is CCC(=O)Nc1c(C#N)cc(F)c(F)c1C(C)(C)C. The van der Waals surface area contributed by atoms with E-state index < -0.39 is 17.0 Å². The van der Waals surface area contributed by atoms with E-state index in [0.29, 0.717) is 0 Å². The first-order valence-electron chi connectivity index (χ1n) is 5.94. The molecule has 0 saturated heterocycles. The van der Waals surface area contributed by atoms with Crippen molar-refractivity contribution in [2.45, 2.75) is 39.5 Å². The summed E-state index contributed by atoms with van der Waals surface area (Å²) in [5, 5.41) is 11.5. The van der Waals surface area contributed by atoms with E-state index in [2.05, 4.69) is 5.32 Å². The molecule has 0 radical (unpaired) electrons. The maximum atomic E-state index is 14.0. The highest BCUT2D eigenvalue weighted by Crippen LogP contribution is 2.35. The average Bonchev–Trinajstić information content (AvgIpc) is 2.31. The molecular weight excluding hydrogens is 250 g/mol. The molecule has 1 N–H and O–H groups in total. The van der Waals surface area contributed by atoms with Crippen LogP contribution in [0.1, 0.15) is 45.2 Å². The number of anilines is 1. The Labute approximate surface area is 111 Å². The van der Waals surface area contributed by atoms with Gasteiger partial charge in [0.25, 0.3) is 0 Å². The lowest BCUT2D eigenvalue weighted by Crippen LogP contribution is -2.22. The Balaban J connectivity index is 3.61. The van der Waals surface area contributed by atoms with Gasteiger partial charge in [0.05, 0.1) is 11.3 Å². The Morgan fingerprint density at radius 1 is 1.42 bits per heavy atom. The van der Waals surface area contributed by atoms with E-state index in [1.165, 1.54) is 0 Å². The van der Waals surface area contributed by atoms with Gasteiger partial charge in [-0.25, -0.2) is 8.78 Å². The second-order valence-electron chi connectivity index (χ2n) is 5.23. The van der Waals surface area contributed by atoms with Crippen LogP contribution in [-0.2, 0) is 10.2 Å². The number of nitrogens with zero attached hydrogens (tertiary/aromatic N) is 1. The maximum absolute atomic E-state index is 14.0. The van der Waals surface area contributed by atoms with Gasteiger partial charge in [0, 0.05) is 12.0 Å². The minimum Gasteiger partial charge on any atom is -0.325 e. The van der Waals surface area contributed by atoms with Gasteiger partial charge in [-0.2, -0.15) is 5.26 Å². The molecule has 0 aliphatic heterocycles. The molecular formula is C14H16F2N2O. The zero-order valence-corrected chi connectivity index (χ0v) is 11.4. The molecule has 0 atom stereocenters. The summed E-state index contributed by atoms with van der Waals surface area (Å²) in [4.78, 5) is 11.5. The number of halogens is 2. The standard InChI is InChI=1S/C14H16F2N2O/c1-5-10(19)18-13-8(7-17)6-9(15)12(16)11(13)14(2,3)4/h6H,5H2,1-4H3,(H,18,19). The van der Waals surface area contributed by atoms with Crippen molar-refractivity contribution in [3.05, 3.63) is 28.8 Å². The summed E-state index contributed by atoms with van der Waals surface area (Å²) < 4.78 is 27.5. The Morgan fingerprint density at radius 3 is 2.42 bits per heavy atom. The minimum absolute atomic E-state index is 0.00542. The molecule has 0 heterocycles. The first-order chi connectivity index (χ1) is 8.72. The van der Waals surface area contributed by atoms with Crippen LogP contribution in [0.2, 0.25) is 0 Å². The number of amides is 1. The van der Waals surface area contributed by atoms with Crippen molar-refractivity contribution in [3.63, 3.8) is 0 Å². The van der Waals surface area contributed by atoms with Gasteiger partial charge >= 0.3 is 0 Å². The van der Waals surface area contributed by atoms with E-state index in [-0.39, 0.29) is 29.1 Å². The molecule has 3 nitrogen and oxygen atoms in total. The molecule has 0 aliphatic carbocycles. The molecule has 1 aromatic rings. The number of nitriles is 1. The van der Waals surface area contributed by atoms with Crippen molar-refractivity contribution in [1.29, 1.82) is 5.26 Å². The molecule has 1 rings (SSSR count). The van der Waals surface area contributed by atoms with Crippen LogP contribution in [0, 0.1) is 23.0 Å². The highest BCUT2D eigenvalue weighted by molar-refractivity contribution is 5.93. The summed E-state index contributed by atoms with van der Waals surface area (Å²) in [6.07, 6.45) is 0.188. The fourth-order valence-corrected chi connectivity index (χ4v) is 1.78. The van der Waals surface area contributed by atoms with Gasteiger partial charge in [-0.1, -0.05) is 27.7 Å². The van der Waals surface area contributed by atoms with Crippen molar-refractivity contribution in [1.82, 2.24) is 0 Å². The molecule has 0 aromatic heterocycles. The largest absolute Gasteiger partial charge is 0.325 e. The zero-order chi connectivity index (χ0) is 14.8. The lowest BCUT2D eigenvalue weighted by atomic mass is 9.83. The predicted octanol–water partition coefficient (Wildman–Crippen LogP) is 3.48. The second kappa shape index (κ2) is 5.35. The monoisotopic (exact) mass is 266 g/mol. The topological polar surface area (TPSA) is 52.9 Å². The third-order valence-electron chi connectivity index (χ3n) is 2.68. The number of carbonyl (C=O) groups excluding carboxylic acids is 1. The van der Waals surface area contributed by atoms with Crippen LogP contribution < -0.4 is 5.32 Å². The number of benzene rings is 1. The van der Waals surface area contributed by atoms with Gasteiger partial charge in [0.2, 0.25) is 5.91 Å². The second-order valence-corrected chi connectivity index (χ2v) is 5.23. The Hall–Kier alpha value is -1.96. The van der Waals surface area contributed by atoms with Gasteiger partial charge in [0.1, 0.15) is 6.07 Å².